The molecule has 1 saturated carbocycles. The van der Waals surface area contributed by atoms with E-state index in [1.165, 1.54) is 5.56 Å². The number of carbonyl (C=O) groups excluding carboxylic acids is 2. The van der Waals surface area contributed by atoms with E-state index in [0.29, 0.717) is 11.3 Å². The van der Waals surface area contributed by atoms with Gasteiger partial charge in [0.15, 0.2) is 0 Å². The van der Waals surface area contributed by atoms with Crippen LogP contribution in [-0.2, 0) is 10.2 Å². The summed E-state index contributed by atoms with van der Waals surface area (Å²) in [4.78, 5) is 26.6. The maximum Gasteiger partial charge on any atom is 0.255 e. The monoisotopic (exact) mass is 350 g/mol. The summed E-state index contributed by atoms with van der Waals surface area (Å²) in [6, 6.07) is 15.4. The number of carbonyl (C=O) groups is 2. The van der Waals surface area contributed by atoms with Crippen LogP contribution in [0.25, 0.3) is 0 Å². The molecule has 0 aliphatic heterocycles. The van der Waals surface area contributed by atoms with Crippen LogP contribution in [0.5, 0.6) is 0 Å². The molecule has 4 nitrogen and oxygen atoms in total. The maximum absolute atomic E-state index is 12.7. The number of rotatable bonds is 4. The molecule has 0 aromatic heterocycles. The van der Waals surface area contributed by atoms with E-state index in [4.69, 9.17) is 0 Å². The summed E-state index contributed by atoms with van der Waals surface area (Å²) < 4.78 is 0. The van der Waals surface area contributed by atoms with Crippen LogP contribution in [-0.4, -0.2) is 17.9 Å². The predicted octanol–water partition coefficient (Wildman–Crippen LogP) is 4.75. The molecule has 0 atom stereocenters. The van der Waals surface area contributed by atoms with E-state index in [1.54, 1.807) is 11.8 Å². The lowest BCUT2D eigenvalue weighted by molar-refractivity contribution is -0.116. The van der Waals surface area contributed by atoms with Crippen LogP contribution in [0, 0.1) is 0 Å². The Morgan fingerprint density at radius 3 is 2.15 bits per heavy atom. The lowest BCUT2D eigenvalue weighted by Crippen LogP contribution is -2.31. The summed E-state index contributed by atoms with van der Waals surface area (Å²) in [6.45, 7) is 8.01. The van der Waals surface area contributed by atoms with Gasteiger partial charge >= 0.3 is 0 Å². The summed E-state index contributed by atoms with van der Waals surface area (Å²) in [7, 11) is 0. The zero-order valence-electron chi connectivity index (χ0n) is 15.9. The first-order chi connectivity index (χ1) is 12.3. The quantitative estimate of drug-likeness (QED) is 0.865. The highest BCUT2D eigenvalue weighted by molar-refractivity contribution is 6.07. The molecule has 1 fully saturated rings. The molecule has 0 bridgehead atoms. The van der Waals surface area contributed by atoms with Crippen molar-refractivity contribution in [2.45, 2.75) is 52.0 Å². The Kier molecular flexibility index (Phi) is 4.86. The Morgan fingerprint density at radius 1 is 1.00 bits per heavy atom. The Hall–Kier alpha value is -2.62. The van der Waals surface area contributed by atoms with Gasteiger partial charge in [-0.1, -0.05) is 45.0 Å². The highest BCUT2D eigenvalue weighted by atomic mass is 16.2. The second kappa shape index (κ2) is 6.94. The van der Waals surface area contributed by atoms with Crippen LogP contribution >= 0.6 is 0 Å². The zero-order valence-corrected chi connectivity index (χ0v) is 15.9. The fourth-order valence-corrected chi connectivity index (χ4v) is 3.06. The van der Waals surface area contributed by atoms with Gasteiger partial charge in [0, 0.05) is 18.5 Å². The molecule has 0 heterocycles. The first-order valence-corrected chi connectivity index (χ1v) is 9.08. The van der Waals surface area contributed by atoms with Crippen LogP contribution in [0.2, 0.25) is 0 Å². The third-order valence-corrected chi connectivity index (χ3v) is 4.68. The molecule has 0 spiro atoms. The number of anilines is 2. The van der Waals surface area contributed by atoms with Crippen molar-refractivity contribution in [3.8, 4) is 0 Å². The molecule has 1 aliphatic rings. The number of hydrogen-bond acceptors (Lipinski definition) is 2. The topological polar surface area (TPSA) is 49.4 Å². The number of nitrogens with one attached hydrogen (secondary N) is 1. The van der Waals surface area contributed by atoms with Crippen molar-refractivity contribution >= 4 is 23.2 Å². The number of hydrogen-bond donors (Lipinski definition) is 1. The number of benzene rings is 2. The summed E-state index contributed by atoms with van der Waals surface area (Å²) >= 11 is 0. The molecule has 3 rings (SSSR count). The van der Waals surface area contributed by atoms with Gasteiger partial charge in [-0.2, -0.15) is 0 Å². The fourth-order valence-electron chi connectivity index (χ4n) is 3.06. The van der Waals surface area contributed by atoms with E-state index >= 15 is 0 Å². The molecular formula is C22H26N2O2. The Bertz CT molecular complexity index is 815. The van der Waals surface area contributed by atoms with Gasteiger partial charge in [-0.25, -0.2) is 0 Å². The van der Waals surface area contributed by atoms with Crippen LogP contribution < -0.4 is 10.2 Å². The third kappa shape index (κ3) is 3.96. The summed E-state index contributed by atoms with van der Waals surface area (Å²) in [5.41, 5.74) is 3.27. The first-order valence-electron chi connectivity index (χ1n) is 9.08. The lowest BCUT2D eigenvalue weighted by atomic mass is 9.87. The summed E-state index contributed by atoms with van der Waals surface area (Å²) in [6.07, 6.45) is 2.02. The van der Waals surface area contributed by atoms with Gasteiger partial charge in [0.25, 0.3) is 5.91 Å². The minimum atomic E-state index is -0.169. The highest BCUT2D eigenvalue weighted by Crippen LogP contribution is 2.36. The Morgan fingerprint density at radius 2 is 1.62 bits per heavy atom. The molecule has 136 valence electrons. The van der Waals surface area contributed by atoms with E-state index in [2.05, 4.69) is 26.1 Å². The van der Waals surface area contributed by atoms with E-state index in [9.17, 15) is 9.59 Å². The molecule has 2 aromatic rings. The average molecular weight is 350 g/mol. The first kappa shape index (κ1) is 18.2. The molecule has 0 radical (unpaired) electrons. The largest absolute Gasteiger partial charge is 0.320 e. The predicted molar refractivity (Wildman–Crippen MR) is 106 cm³/mol. The van der Waals surface area contributed by atoms with Crippen molar-refractivity contribution in [1.82, 2.24) is 0 Å². The van der Waals surface area contributed by atoms with Gasteiger partial charge in [0.05, 0.1) is 11.4 Å². The Labute approximate surface area is 155 Å². The highest BCUT2D eigenvalue weighted by Gasteiger charge is 2.33. The molecule has 2 amide bonds. The average Bonchev–Trinajstić information content (AvgIpc) is 3.40. The lowest BCUT2D eigenvalue weighted by Gasteiger charge is -2.24. The third-order valence-electron chi connectivity index (χ3n) is 4.68. The number of nitrogens with zero attached hydrogens (tertiary/aromatic N) is 1. The van der Waals surface area contributed by atoms with Crippen LogP contribution in [0.3, 0.4) is 0 Å². The van der Waals surface area contributed by atoms with Gasteiger partial charge in [0.1, 0.15) is 0 Å². The van der Waals surface area contributed by atoms with E-state index < -0.39 is 0 Å². The summed E-state index contributed by atoms with van der Waals surface area (Å²) in [5, 5.41) is 2.97. The van der Waals surface area contributed by atoms with Crippen LogP contribution in [0.1, 0.15) is 56.5 Å². The zero-order chi connectivity index (χ0) is 18.9. The van der Waals surface area contributed by atoms with E-state index in [0.717, 1.165) is 18.5 Å². The SMILES string of the molecule is CC(=O)N(c1ccccc1NC(=O)c1ccc(C(C)(C)C)cc1)C1CC1. The molecular weight excluding hydrogens is 324 g/mol. The molecule has 1 N–H and O–H groups in total. The van der Waals surface area contributed by atoms with Crippen molar-refractivity contribution in [1.29, 1.82) is 0 Å². The second-order valence-corrected chi connectivity index (χ2v) is 7.92. The van der Waals surface area contributed by atoms with Gasteiger partial charge in [-0.3, -0.25) is 9.59 Å². The molecule has 1 aliphatic carbocycles. The van der Waals surface area contributed by atoms with Crippen molar-refractivity contribution in [3.05, 3.63) is 59.7 Å². The smallest absolute Gasteiger partial charge is 0.255 e. The molecule has 0 saturated heterocycles. The number of para-hydroxylation sites is 2. The second-order valence-electron chi connectivity index (χ2n) is 7.92. The molecule has 4 heteroatoms. The standard InChI is InChI=1S/C22H26N2O2/c1-15(25)24(18-13-14-18)20-8-6-5-7-19(20)23-21(26)16-9-11-17(12-10-16)22(2,3)4/h5-12,18H,13-14H2,1-4H3,(H,23,26). The summed E-state index contributed by atoms with van der Waals surface area (Å²) in [5.74, 6) is -0.166. The minimum Gasteiger partial charge on any atom is -0.320 e. The fraction of sp³-hybridized carbons (Fsp3) is 0.364. The molecule has 0 unspecified atom stereocenters. The maximum atomic E-state index is 12.7. The van der Waals surface area contributed by atoms with Crippen molar-refractivity contribution in [3.63, 3.8) is 0 Å². The normalized spacial score (nSPS) is 14.0. The van der Waals surface area contributed by atoms with Crippen LogP contribution in [0.4, 0.5) is 11.4 Å². The molecule has 2 aromatic carbocycles. The molecule has 26 heavy (non-hydrogen) atoms. The van der Waals surface area contributed by atoms with Crippen molar-refractivity contribution < 1.29 is 9.59 Å². The van der Waals surface area contributed by atoms with Crippen LogP contribution in [0.15, 0.2) is 48.5 Å². The van der Waals surface area contributed by atoms with Gasteiger partial charge in [-0.05, 0) is 48.1 Å². The number of amides is 2. The van der Waals surface area contributed by atoms with E-state index in [1.807, 2.05) is 48.5 Å². The minimum absolute atomic E-state index is 0.00345. The van der Waals surface area contributed by atoms with Crippen molar-refractivity contribution in [2.24, 2.45) is 0 Å². The Balaban J connectivity index is 1.83. The van der Waals surface area contributed by atoms with Gasteiger partial charge in [0.2, 0.25) is 5.91 Å². The van der Waals surface area contributed by atoms with E-state index in [-0.39, 0.29) is 23.3 Å². The van der Waals surface area contributed by atoms with Gasteiger partial charge < -0.3 is 10.2 Å². The van der Waals surface area contributed by atoms with Crippen molar-refractivity contribution in [2.75, 3.05) is 10.2 Å². The van der Waals surface area contributed by atoms with Gasteiger partial charge in [-0.15, -0.1) is 0 Å².